The number of nitrogens with zero attached hydrogens (tertiary/aromatic N) is 2. The Hall–Kier alpha value is -2.28. The molecule has 0 bridgehead atoms. The monoisotopic (exact) mass is 349 g/mol. The molecule has 1 aromatic heterocycles. The minimum absolute atomic E-state index is 0.138. The van der Waals surface area contributed by atoms with Crippen molar-refractivity contribution < 1.29 is 13.9 Å². The lowest BCUT2D eigenvalue weighted by molar-refractivity contribution is 0.0469. The van der Waals surface area contributed by atoms with Crippen LogP contribution >= 0.6 is 15.9 Å². The standard InChI is InChI=1S/C14H9BrFN3O2/c15-10-3-1-2-9(13(10)16)7-21-14(20)8-4-5-11-12(6-8)18-19-17-11/h1-6H,7H2,(H,17,18,19). The second-order valence-electron chi connectivity index (χ2n) is 4.32. The molecule has 0 aliphatic rings. The first-order chi connectivity index (χ1) is 10.1. The number of fused-ring (bicyclic) bond motifs is 1. The minimum atomic E-state index is -0.542. The number of hydrogen-bond acceptors (Lipinski definition) is 4. The number of aromatic amines is 1. The van der Waals surface area contributed by atoms with Crippen molar-refractivity contribution in [3.63, 3.8) is 0 Å². The molecular formula is C14H9BrFN3O2. The molecule has 0 fully saturated rings. The van der Waals surface area contributed by atoms with Gasteiger partial charge in [-0.25, -0.2) is 9.18 Å². The van der Waals surface area contributed by atoms with Gasteiger partial charge in [-0.3, -0.25) is 0 Å². The van der Waals surface area contributed by atoms with Gasteiger partial charge in [-0.15, -0.1) is 0 Å². The molecule has 0 unspecified atom stereocenters. The summed E-state index contributed by atoms with van der Waals surface area (Å²) in [4.78, 5) is 12.0. The summed E-state index contributed by atoms with van der Waals surface area (Å²) in [6.45, 7) is -0.138. The number of rotatable bonds is 3. The van der Waals surface area contributed by atoms with Crippen molar-refractivity contribution in [1.82, 2.24) is 15.4 Å². The van der Waals surface area contributed by atoms with Gasteiger partial charge in [-0.05, 0) is 40.2 Å². The van der Waals surface area contributed by atoms with E-state index in [1.807, 2.05) is 0 Å². The van der Waals surface area contributed by atoms with Crippen LogP contribution in [0.25, 0.3) is 11.0 Å². The summed E-state index contributed by atoms with van der Waals surface area (Å²) in [7, 11) is 0. The second-order valence-corrected chi connectivity index (χ2v) is 5.17. The molecule has 7 heteroatoms. The molecule has 2 aromatic carbocycles. The lowest BCUT2D eigenvalue weighted by atomic mass is 10.2. The summed E-state index contributed by atoms with van der Waals surface area (Å²) < 4.78 is 19.2. The third-order valence-electron chi connectivity index (χ3n) is 2.94. The van der Waals surface area contributed by atoms with Crippen LogP contribution < -0.4 is 0 Å². The van der Waals surface area contributed by atoms with Crippen LogP contribution in [-0.4, -0.2) is 21.4 Å². The molecule has 0 spiro atoms. The van der Waals surface area contributed by atoms with E-state index < -0.39 is 11.8 Å². The van der Waals surface area contributed by atoms with E-state index >= 15 is 0 Å². The van der Waals surface area contributed by atoms with Gasteiger partial charge < -0.3 is 4.74 Å². The third-order valence-corrected chi connectivity index (χ3v) is 3.55. The quantitative estimate of drug-likeness (QED) is 0.737. The minimum Gasteiger partial charge on any atom is -0.457 e. The van der Waals surface area contributed by atoms with Crippen molar-refractivity contribution in [3.05, 3.63) is 57.8 Å². The van der Waals surface area contributed by atoms with Gasteiger partial charge in [0.2, 0.25) is 0 Å². The summed E-state index contributed by atoms with van der Waals surface area (Å²) in [5.74, 6) is -0.975. The number of benzene rings is 2. The van der Waals surface area contributed by atoms with E-state index in [0.717, 1.165) is 0 Å². The lowest BCUT2D eigenvalue weighted by Crippen LogP contribution is -2.06. The van der Waals surface area contributed by atoms with Gasteiger partial charge >= 0.3 is 5.97 Å². The van der Waals surface area contributed by atoms with Crippen molar-refractivity contribution in [2.45, 2.75) is 6.61 Å². The molecule has 0 aliphatic heterocycles. The van der Waals surface area contributed by atoms with Gasteiger partial charge in [0.05, 0.1) is 10.0 Å². The zero-order valence-electron chi connectivity index (χ0n) is 10.6. The molecule has 1 heterocycles. The average molecular weight is 350 g/mol. The Labute approximate surface area is 127 Å². The predicted octanol–water partition coefficient (Wildman–Crippen LogP) is 3.22. The maximum Gasteiger partial charge on any atom is 0.338 e. The number of ether oxygens (including phenoxy) is 1. The fourth-order valence-corrected chi connectivity index (χ4v) is 2.26. The number of hydrogen-bond donors (Lipinski definition) is 1. The first kappa shape index (κ1) is 13.7. The highest BCUT2D eigenvalue weighted by Crippen LogP contribution is 2.20. The van der Waals surface area contributed by atoms with Crippen LogP contribution in [0.5, 0.6) is 0 Å². The topological polar surface area (TPSA) is 67.9 Å². The van der Waals surface area contributed by atoms with Gasteiger partial charge in [0.15, 0.2) is 0 Å². The Kier molecular flexibility index (Phi) is 3.66. The second kappa shape index (κ2) is 5.61. The van der Waals surface area contributed by atoms with Crippen molar-refractivity contribution in [2.24, 2.45) is 0 Å². The smallest absolute Gasteiger partial charge is 0.338 e. The van der Waals surface area contributed by atoms with Crippen LogP contribution in [0, 0.1) is 5.82 Å². The van der Waals surface area contributed by atoms with Gasteiger partial charge in [0, 0.05) is 5.56 Å². The van der Waals surface area contributed by atoms with E-state index in [-0.39, 0.29) is 6.61 Å². The van der Waals surface area contributed by atoms with E-state index in [1.165, 1.54) is 0 Å². The number of esters is 1. The molecule has 5 nitrogen and oxygen atoms in total. The molecule has 0 atom stereocenters. The van der Waals surface area contributed by atoms with Crippen LogP contribution in [0.2, 0.25) is 0 Å². The fraction of sp³-hybridized carbons (Fsp3) is 0.0714. The van der Waals surface area contributed by atoms with Gasteiger partial charge in [-0.2, -0.15) is 15.4 Å². The molecular weight excluding hydrogens is 341 g/mol. The molecule has 0 radical (unpaired) electrons. The molecule has 0 saturated heterocycles. The maximum absolute atomic E-state index is 13.8. The number of halogens is 2. The van der Waals surface area contributed by atoms with Crippen molar-refractivity contribution in [2.75, 3.05) is 0 Å². The highest BCUT2D eigenvalue weighted by molar-refractivity contribution is 9.10. The summed E-state index contributed by atoms with van der Waals surface area (Å²) >= 11 is 3.09. The highest BCUT2D eigenvalue weighted by atomic mass is 79.9. The number of aromatic nitrogens is 3. The Morgan fingerprint density at radius 2 is 2.05 bits per heavy atom. The van der Waals surface area contributed by atoms with Gasteiger partial charge in [0.1, 0.15) is 23.5 Å². The Morgan fingerprint density at radius 3 is 2.90 bits per heavy atom. The van der Waals surface area contributed by atoms with E-state index in [2.05, 4.69) is 31.3 Å². The molecule has 1 N–H and O–H groups in total. The molecule has 21 heavy (non-hydrogen) atoms. The van der Waals surface area contributed by atoms with Crippen LogP contribution in [0.4, 0.5) is 4.39 Å². The predicted molar refractivity (Wildman–Crippen MR) is 77.1 cm³/mol. The molecule has 0 aliphatic carbocycles. The number of H-pyrrole nitrogens is 1. The zero-order valence-corrected chi connectivity index (χ0v) is 12.2. The Balaban J connectivity index is 1.75. The molecule has 3 rings (SSSR count). The lowest BCUT2D eigenvalue weighted by Gasteiger charge is -2.06. The summed E-state index contributed by atoms with van der Waals surface area (Å²) in [6, 6.07) is 9.64. The van der Waals surface area contributed by atoms with E-state index in [4.69, 9.17) is 4.74 Å². The first-order valence-corrected chi connectivity index (χ1v) is 6.85. The third kappa shape index (κ3) is 2.78. The highest BCUT2D eigenvalue weighted by Gasteiger charge is 2.12. The molecule has 0 saturated carbocycles. The van der Waals surface area contributed by atoms with E-state index in [1.54, 1.807) is 36.4 Å². The summed E-state index contributed by atoms with van der Waals surface area (Å²) in [5.41, 5.74) is 1.87. The van der Waals surface area contributed by atoms with E-state index in [0.29, 0.717) is 26.6 Å². The summed E-state index contributed by atoms with van der Waals surface area (Å²) in [6.07, 6.45) is 0. The number of nitrogens with one attached hydrogen (secondary N) is 1. The van der Waals surface area contributed by atoms with Crippen LogP contribution in [0.15, 0.2) is 40.9 Å². The van der Waals surface area contributed by atoms with Gasteiger partial charge in [0.25, 0.3) is 0 Å². The van der Waals surface area contributed by atoms with Crippen molar-refractivity contribution in [3.8, 4) is 0 Å². The number of carbonyl (C=O) groups is 1. The largest absolute Gasteiger partial charge is 0.457 e. The van der Waals surface area contributed by atoms with E-state index in [9.17, 15) is 9.18 Å². The average Bonchev–Trinajstić information content (AvgIpc) is 2.96. The number of carbonyl (C=O) groups excluding carboxylic acids is 1. The Morgan fingerprint density at radius 1 is 1.24 bits per heavy atom. The van der Waals surface area contributed by atoms with Crippen LogP contribution in [-0.2, 0) is 11.3 Å². The SMILES string of the molecule is O=C(OCc1cccc(Br)c1F)c1ccc2n[nH]nc2c1. The van der Waals surface area contributed by atoms with Crippen LogP contribution in [0.1, 0.15) is 15.9 Å². The Bertz CT molecular complexity index is 819. The first-order valence-electron chi connectivity index (χ1n) is 6.05. The van der Waals surface area contributed by atoms with Gasteiger partial charge in [-0.1, -0.05) is 12.1 Å². The van der Waals surface area contributed by atoms with Crippen molar-refractivity contribution in [1.29, 1.82) is 0 Å². The molecule has 0 amide bonds. The normalized spacial score (nSPS) is 10.8. The van der Waals surface area contributed by atoms with Crippen molar-refractivity contribution >= 4 is 32.9 Å². The maximum atomic E-state index is 13.8. The van der Waals surface area contributed by atoms with Crippen LogP contribution in [0.3, 0.4) is 0 Å². The molecule has 3 aromatic rings. The zero-order chi connectivity index (χ0) is 14.8. The fourth-order valence-electron chi connectivity index (χ4n) is 1.85. The molecule has 106 valence electrons. The summed E-state index contributed by atoms with van der Waals surface area (Å²) in [5, 5.41) is 10.3.